The predicted molar refractivity (Wildman–Crippen MR) is 107 cm³/mol. The van der Waals surface area contributed by atoms with Gasteiger partial charge in [-0.25, -0.2) is 0 Å². The van der Waals surface area contributed by atoms with Crippen LogP contribution in [0.5, 0.6) is 0 Å². The molecule has 2 unspecified atom stereocenters. The molecule has 3 nitrogen and oxygen atoms in total. The molecule has 25 heavy (non-hydrogen) atoms. The minimum absolute atomic E-state index is 0.326. The molecular weight excluding hydrogens is 312 g/mol. The Bertz CT molecular complexity index is 291. The summed E-state index contributed by atoms with van der Waals surface area (Å²) in [5, 5.41) is 17.5. The molecule has 0 aliphatic rings. The van der Waals surface area contributed by atoms with Gasteiger partial charge in [0.2, 0.25) is 0 Å². The number of aliphatic hydroxyl groups excluding tert-OH is 1. The molecule has 0 aromatic heterocycles. The molecule has 0 amide bonds. The largest absolute Gasteiger partial charge is 0.481 e. The van der Waals surface area contributed by atoms with Gasteiger partial charge in [0.15, 0.2) is 0 Å². The SMILES string of the molecule is CCC(C)C(CCCCCCCCCCCCCO)CCCC(=O)O. The summed E-state index contributed by atoms with van der Waals surface area (Å²) in [5.41, 5.74) is 0. The van der Waals surface area contributed by atoms with Crippen LogP contribution in [0.2, 0.25) is 0 Å². The number of hydrogen-bond acceptors (Lipinski definition) is 2. The van der Waals surface area contributed by atoms with E-state index >= 15 is 0 Å². The summed E-state index contributed by atoms with van der Waals surface area (Å²) < 4.78 is 0. The maximum Gasteiger partial charge on any atom is 0.303 e. The van der Waals surface area contributed by atoms with Crippen LogP contribution in [0.15, 0.2) is 0 Å². The van der Waals surface area contributed by atoms with Crippen LogP contribution in [0.25, 0.3) is 0 Å². The molecule has 0 aromatic rings. The Hall–Kier alpha value is -0.570. The number of carboxylic acids is 1. The van der Waals surface area contributed by atoms with E-state index in [0.29, 0.717) is 18.9 Å². The summed E-state index contributed by atoms with van der Waals surface area (Å²) >= 11 is 0. The Morgan fingerprint density at radius 3 is 1.64 bits per heavy atom. The topological polar surface area (TPSA) is 57.5 Å². The molecule has 0 rings (SSSR count). The van der Waals surface area contributed by atoms with E-state index in [9.17, 15) is 4.79 Å². The minimum atomic E-state index is -0.656. The van der Waals surface area contributed by atoms with Gasteiger partial charge < -0.3 is 10.2 Å². The highest BCUT2D eigenvalue weighted by molar-refractivity contribution is 5.66. The normalized spacial score (nSPS) is 13.7. The highest BCUT2D eigenvalue weighted by Crippen LogP contribution is 2.27. The van der Waals surface area contributed by atoms with Crippen molar-refractivity contribution in [3.8, 4) is 0 Å². The molecule has 0 saturated carbocycles. The Morgan fingerprint density at radius 2 is 1.20 bits per heavy atom. The zero-order valence-corrected chi connectivity index (χ0v) is 17.0. The molecule has 3 heteroatoms. The number of carbonyl (C=O) groups is 1. The number of aliphatic hydroxyl groups is 1. The molecule has 0 aliphatic heterocycles. The maximum absolute atomic E-state index is 10.7. The molecule has 0 heterocycles. The van der Waals surface area contributed by atoms with Crippen molar-refractivity contribution in [2.45, 2.75) is 117 Å². The molecule has 2 N–H and O–H groups in total. The lowest BCUT2D eigenvalue weighted by Gasteiger charge is -2.22. The summed E-state index contributed by atoms with van der Waals surface area (Å²) in [4.78, 5) is 10.7. The fourth-order valence-corrected chi connectivity index (χ4v) is 3.67. The molecule has 2 atom stereocenters. The zero-order valence-electron chi connectivity index (χ0n) is 17.0. The standard InChI is InChI=1S/C22H44O3/c1-3-20(2)21(17-15-18-22(24)25)16-13-11-9-7-5-4-6-8-10-12-14-19-23/h20-21,23H,3-19H2,1-2H3,(H,24,25). The number of aliphatic carboxylic acids is 1. The second-order valence-electron chi connectivity index (χ2n) is 7.83. The van der Waals surface area contributed by atoms with Crippen LogP contribution < -0.4 is 0 Å². The van der Waals surface area contributed by atoms with Crippen molar-refractivity contribution in [3.05, 3.63) is 0 Å². The van der Waals surface area contributed by atoms with Crippen molar-refractivity contribution in [2.24, 2.45) is 11.8 Å². The van der Waals surface area contributed by atoms with Gasteiger partial charge >= 0.3 is 5.97 Å². The van der Waals surface area contributed by atoms with Crippen molar-refractivity contribution in [1.82, 2.24) is 0 Å². The molecule has 0 radical (unpaired) electrons. The van der Waals surface area contributed by atoms with Crippen LogP contribution in [0.3, 0.4) is 0 Å². The van der Waals surface area contributed by atoms with E-state index in [-0.39, 0.29) is 0 Å². The van der Waals surface area contributed by atoms with Crippen LogP contribution in [-0.2, 0) is 4.79 Å². The van der Waals surface area contributed by atoms with E-state index in [1.807, 2.05) is 0 Å². The summed E-state index contributed by atoms with van der Waals surface area (Å²) in [6.45, 7) is 4.92. The number of hydrogen-bond donors (Lipinski definition) is 2. The van der Waals surface area contributed by atoms with Crippen LogP contribution >= 0.6 is 0 Å². The van der Waals surface area contributed by atoms with Gasteiger partial charge in [0, 0.05) is 13.0 Å². The summed E-state index contributed by atoms with van der Waals surface area (Å²) in [7, 11) is 0. The summed E-state index contributed by atoms with van der Waals surface area (Å²) in [6.07, 6.45) is 18.9. The second-order valence-corrected chi connectivity index (χ2v) is 7.83. The van der Waals surface area contributed by atoms with Crippen LogP contribution in [0.1, 0.15) is 117 Å². The van der Waals surface area contributed by atoms with E-state index in [4.69, 9.17) is 10.2 Å². The molecule has 0 bridgehead atoms. The van der Waals surface area contributed by atoms with Crippen LogP contribution in [-0.4, -0.2) is 22.8 Å². The second kappa shape index (κ2) is 18.2. The van der Waals surface area contributed by atoms with Gasteiger partial charge in [-0.15, -0.1) is 0 Å². The first-order valence-electron chi connectivity index (χ1n) is 10.9. The average Bonchev–Trinajstić information content (AvgIpc) is 2.60. The smallest absolute Gasteiger partial charge is 0.303 e. The van der Waals surface area contributed by atoms with Crippen molar-refractivity contribution >= 4 is 5.97 Å². The summed E-state index contributed by atoms with van der Waals surface area (Å²) in [5.74, 6) is 0.777. The lowest BCUT2D eigenvalue weighted by molar-refractivity contribution is -0.137. The van der Waals surface area contributed by atoms with Gasteiger partial charge in [-0.1, -0.05) is 90.9 Å². The van der Waals surface area contributed by atoms with E-state index in [1.165, 1.54) is 77.0 Å². The first-order valence-corrected chi connectivity index (χ1v) is 10.9. The quantitative estimate of drug-likeness (QED) is 0.257. The van der Waals surface area contributed by atoms with Gasteiger partial charge in [-0.2, -0.15) is 0 Å². The monoisotopic (exact) mass is 356 g/mol. The fourth-order valence-electron chi connectivity index (χ4n) is 3.67. The van der Waals surface area contributed by atoms with Crippen molar-refractivity contribution in [2.75, 3.05) is 6.61 Å². The highest BCUT2D eigenvalue weighted by Gasteiger charge is 2.15. The molecule has 0 saturated heterocycles. The van der Waals surface area contributed by atoms with Crippen molar-refractivity contribution < 1.29 is 15.0 Å². The van der Waals surface area contributed by atoms with Gasteiger partial charge in [0.25, 0.3) is 0 Å². The van der Waals surface area contributed by atoms with Gasteiger partial charge in [-0.3, -0.25) is 4.79 Å². The lowest BCUT2D eigenvalue weighted by atomic mass is 9.83. The first-order chi connectivity index (χ1) is 12.1. The van der Waals surface area contributed by atoms with Gasteiger partial charge in [0.1, 0.15) is 0 Å². The Morgan fingerprint density at radius 1 is 0.760 bits per heavy atom. The Balaban J connectivity index is 3.53. The third-order valence-corrected chi connectivity index (χ3v) is 5.65. The van der Waals surface area contributed by atoms with E-state index in [2.05, 4.69) is 13.8 Å². The Labute approximate surface area is 156 Å². The average molecular weight is 357 g/mol. The Kier molecular flexibility index (Phi) is 17.8. The first kappa shape index (κ1) is 24.4. The van der Waals surface area contributed by atoms with Gasteiger partial charge in [0.05, 0.1) is 0 Å². The zero-order chi connectivity index (χ0) is 18.8. The minimum Gasteiger partial charge on any atom is -0.481 e. The number of rotatable bonds is 19. The maximum atomic E-state index is 10.7. The number of carboxylic acid groups (broad SMARTS) is 1. The third-order valence-electron chi connectivity index (χ3n) is 5.65. The molecule has 150 valence electrons. The molecule has 0 aromatic carbocycles. The predicted octanol–water partition coefficient (Wildman–Crippen LogP) is 6.58. The third kappa shape index (κ3) is 16.6. The summed E-state index contributed by atoms with van der Waals surface area (Å²) in [6, 6.07) is 0. The van der Waals surface area contributed by atoms with Crippen LogP contribution in [0, 0.1) is 11.8 Å². The van der Waals surface area contributed by atoms with Crippen molar-refractivity contribution in [1.29, 1.82) is 0 Å². The van der Waals surface area contributed by atoms with E-state index < -0.39 is 5.97 Å². The van der Waals surface area contributed by atoms with E-state index in [1.54, 1.807) is 0 Å². The van der Waals surface area contributed by atoms with Gasteiger partial charge in [-0.05, 0) is 31.1 Å². The van der Waals surface area contributed by atoms with E-state index in [0.717, 1.165) is 25.2 Å². The van der Waals surface area contributed by atoms with Crippen molar-refractivity contribution in [3.63, 3.8) is 0 Å². The molecule has 0 aliphatic carbocycles. The molecular formula is C22H44O3. The molecule has 0 fully saturated rings. The lowest BCUT2D eigenvalue weighted by Crippen LogP contribution is -2.12. The fraction of sp³-hybridized carbons (Fsp3) is 0.955. The number of unbranched alkanes of at least 4 members (excludes halogenated alkanes) is 10. The highest BCUT2D eigenvalue weighted by atomic mass is 16.4. The molecule has 0 spiro atoms. The van der Waals surface area contributed by atoms with Crippen LogP contribution in [0.4, 0.5) is 0 Å².